The summed E-state index contributed by atoms with van der Waals surface area (Å²) < 4.78 is 0. The lowest BCUT2D eigenvalue weighted by atomic mass is 10.2. The number of amides is 1. The van der Waals surface area contributed by atoms with E-state index in [9.17, 15) is 4.79 Å². The van der Waals surface area contributed by atoms with Gasteiger partial charge < -0.3 is 5.32 Å². The molecular formula is C9H7ClN2O. The smallest absolute Gasteiger partial charge is 0.252 e. The number of benzene rings is 1. The van der Waals surface area contributed by atoms with Gasteiger partial charge in [0.1, 0.15) is 6.54 Å². The highest BCUT2D eigenvalue weighted by atomic mass is 35.5. The van der Waals surface area contributed by atoms with Gasteiger partial charge in [-0.3, -0.25) is 4.79 Å². The first-order chi connectivity index (χ1) is 6.24. The molecule has 1 aromatic rings. The maximum atomic E-state index is 11.2. The van der Waals surface area contributed by atoms with Gasteiger partial charge in [0, 0.05) is 10.6 Å². The van der Waals surface area contributed by atoms with Gasteiger partial charge in [-0.25, -0.2) is 0 Å². The number of nitrogens with one attached hydrogen (secondary N) is 1. The monoisotopic (exact) mass is 194 g/mol. The summed E-state index contributed by atoms with van der Waals surface area (Å²) in [5, 5.41) is 11.1. The molecule has 1 N–H and O–H groups in total. The van der Waals surface area contributed by atoms with E-state index in [2.05, 4.69) is 5.32 Å². The Labute approximate surface area is 80.9 Å². The van der Waals surface area contributed by atoms with Crippen molar-refractivity contribution in [1.82, 2.24) is 5.32 Å². The van der Waals surface area contributed by atoms with Gasteiger partial charge in [-0.2, -0.15) is 5.26 Å². The summed E-state index contributed by atoms with van der Waals surface area (Å²) in [6, 6.07) is 8.37. The Morgan fingerprint density at radius 3 is 3.00 bits per heavy atom. The van der Waals surface area contributed by atoms with E-state index in [0.29, 0.717) is 10.6 Å². The molecule has 0 aromatic heterocycles. The summed E-state index contributed by atoms with van der Waals surface area (Å²) in [5.41, 5.74) is 0.461. The average molecular weight is 195 g/mol. The molecule has 1 rings (SSSR count). The van der Waals surface area contributed by atoms with Crippen LogP contribution in [0.1, 0.15) is 10.4 Å². The van der Waals surface area contributed by atoms with Crippen molar-refractivity contribution in [3.63, 3.8) is 0 Å². The molecule has 0 aliphatic heterocycles. The molecule has 0 bridgehead atoms. The van der Waals surface area contributed by atoms with Crippen molar-refractivity contribution in [3.8, 4) is 6.07 Å². The first-order valence-electron chi connectivity index (χ1n) is 3.65. The summed E-state index contributed by atoms with van der Waals surface area (Å²) >= 11 is 5.68. The van der Waals surface area contributed by atoms with Crippen LogP contribution in [0, 0.1) is 11.3 Å². The van der Waals surface area contributed by atoms with Crippen molar-refractivity contribution < 1.29 is 4.79 Å². The van der Waals surface area contributed by atoms with Crippen LogP contribution in [0.3, 0.4) is 0 Å². The van der Waals surface area contributed by atoms with Crippen molar-refractivity contribution >= 4 is 17.5 Å². The first kappa shape index (κ1) is 9.56. The van der Waals surface area contributed by atoms with Crippen molar-refractivity contribution in [2.45, 2.75) is 0 Å². The third-order valence-corrected chi connectivity index (χ3v) is 1.65. The molecule has 66 valence electrons. The SMILES string of the molecule is N#CCNC(=O)c1cccc(Cl)c1. The minimum Gasteiger partial charge on any atom is -0.339 e. The molecule has 0 atom stereocenters. The largest absolute Gasteiger partial charge is 0.339 e. The van der Waals surface area contributed by atoms with E-state index in [4.69, 9.17) is 16.9 Å². The maximum absolute atomic E-state index is 11.2. The summed E-state index contributed by atoms with van der Waals surface area (Å²) in [4.78, 5) is 11.2. The Balaban J connectivity index is 2.72. The topological polar surface area (TPSA) is 52.9 Å². The van der Waals surface area contributed by atoms with E-state index in [-0.39, 0.29) is 12.5 Å². The third-order valence-electron chi connectivity index (χ3n) is 1.41. The molecule has 0 aliphatic carbocycles. The predicted molar refractivity (Wildman–Crippen MR) is 49.4 cm³/mol. The Hall–Kier alpha value is -1.53. The number of nitriles is 1. The van der Waals surface area contributed by atoms with Crippen molar-refractivity contribution in [3.05, 3.63) is 34.9 Å². The number of carbonyl (C=O) groups is 1. The second-order valence-electron chi connectivity index (χ2n) is 2.35. The van der Waals surface area contributed by atoms with E-state index < -0.39 is 0 Å². The van der Waals surface area contributed by atoms with Crippen molar-refractivity contribution in [2.24, 2.45) is 0 Å². The fourth-order valence-corrected chi connectivity index (χ4v) is 1.04. The zero-order valence-electron chi connectivity index (χ0n) is 6.75. The Kier molecular flexibility index (Phi) is 3.30. The molecule has 1 amide bonds. The number of carbonyl (C=O) groups excluding carboxylic acids is 1. The Bertz CT molecular complexity index is 357. The standard InChI is InChI=1S/C9H7ClN2O/c10-8-3-1-2-7(6-8)9(13)12-5-4-11/h1-3,6H,5H2,(H,12,13). The molecule has 0 spiro atoms. The number of hydrogen-bond donors (Lipinski definition) is 1. The van der Waals surface area contributed by atoms with Gasteiger partial charge in [0.2, 0.25) is 0 Å². The molecule has 0 saturated heterocycles. The van der Waals surface area contributed by atoms with E-state index >= 15 is 0 Å². The highest BCUT2D eigenvalue weighted by Crippen LogP contribution is 2.10. The van der Waals surface area contributed by atoms with Gasteiger partial charge in [0.15, 0.2) is 0 Å². The van der Waals surface area contributed by atoms with E-state index in [1.807, 2.05) is 6.07 Å². The van der Waals surface area contributed by atoms with E-state index in [0.717, 1.165) is 0 Å². The number of rotatable bonds is 2. The van der Waals surface area contributed by atoms with Gasteiger partial charge in [-0.15, -0.1) is 0 Å². The van der Waals surface area contributed by atoms with Crippen LogP contribution in [0.4, 0.5) is 0 Å². The second kappa shape index (κ2) is 4.48. The Morgan fingerprint density at radius 2 is 2.38 bits per heavy atom. The summed E-state index contributed by atoms with van der Waals surface area (Å²) in [6.07, 6.45) is 0. The minimum absolute atomic E-state index is 0.00530. The van der Waals surface area contributed by atoms with Crippen LogP contribution in [0.2, 0.25) is 5.02 Å². The molecule has 3 nitrogen and oxygen atoms in total. The third kappa shape index (κ3) is 2.77. The molecule has 0 heterocycles. The molecule has 13 heavy (non-hydrogen) atoms. The maximum Gasteiger partial charge on any atom is 0.252 e. The fraction of sp³-hybridized carbons (Fsp3) is 0.111. The van der Waals surface area contributed by atoms with E-state index in [1.165, 1.54) is 0 Å². The molecule has 4 heteroatoms. The summed E-state index contributed by atoms with van der Waals surface area (Å²) in [5.74, 6) is -0.288. The Morgan fingerprint density at radius 1 is 1.62 bits per heavy atom. The summed E-state index contributed by atoms with van der Waals surface area (Å²) in [7, 11) is 0. The van der Waals surface area contributed by atoms with Crippen LogP contribution in [-0.2, 0) is 0 Å². The molecule has 0 radical (unpaired) electrons. The van der Waals surface area contributed by atoms with Crippen LogP contribution in [0.5, 0.6) is 0 Å². The molecule has 0 saturated carbocycles. The second-order valence-corrected chi connectivity index (χ2v) is 2.79. The lowest BCUT2D eigenvalue weighted by molar-refractivity contribution is 0.0958. The van der Waals surface area contributed by atoms with Crippen molar-refractivity contribution in [2.75, 3.05) is 6.54 Å². The zero-order chi connectivity index (χ0) is 9.68. The quantitative estimate of drug-likeness (QED) is 0.727. The molecule has 1 aromatic carbocycles. The van der Waals surface area contributed by atoms with Gasteiger partial charge in [0.25, 0.3) is 5.91 Å². The van der Waals surface area contributed by atoms with Crippen LogP contribution >= 0.6 is 11.6 Å². The minimum atomic E-state index is -0.288. The molecular weight excluding hydrogens is 188 g/mol. The highest BCUT2D eigenvalue weighted by molar-refractivity contribution is 6.30. The van der Waals surface area contributed by atoms with Gasteiger partial charge in [-0.05, 0) is 18.2 Å². The first-order valence-corrected chi connectivity index (χ1v) is 4.02. The van der Waals surface area contributed by atoms with Crippen molar-refractivity contribution in [1.29, 1.82) is 5.26 Å². The summed E-state index contributed by atoms with van der Waals surface area (Å²) in [6.45, 7) is 0.00530. The van der Waals surface area contributed by atoms with Crippen LogP contribution in [0.15, 0.2) is 24.3 Å². The average Bonchev–Trinajstić information content (AvgIpc) is 2.14. The number of nitrogens with zero attached hydrogens (tertiary/aromatic N) is 1. The van der Waals surface area contributed by atoms with Gasteiger partial charge >= 0.3 is 0 Å². The van der Waals surface area contributed by atoms with E-state index in [1.54, 1.807) is 24.3 Å². The van der Waals surface area contributed by atoms with Crippen LogP contribution < -0.4 is 5.32 Å². The lowest BCUT2D eigenvalue weighted by Crippen LogP contribution is -2.23. The van der Waals surface area contributed by atoms with Gasteiger partial charge in [-0.1, -0.05) is 17.7 Å². The normalized spacial score (nSPS) is 8.92. The zero-order valence-corrected chi connectivity index (χ0v) is 7.51. The highest BCUT2D eigenvalue weighted by Gasteiger charge is 2.03. The molecule has 0 aliphatic rings. The lowest BCUT2D eigenvalue weighted by Gasteiger charge is -2.00. The van der Waals surface area contributed by atoms with Crippen LogP contribution in [-0.4, -0.2) is 12.5 Å². The molecule has 0 unspecified atom stereocenters. The van der Waals surface area contributed by atoms with Gasteiger partial charge in [0.05, 0.1) is 6.07 Å². The van der Waals surface area contributed by atoms with Crippen LogP contribution in [0.25, 0.3) is 0 Å². The molecule has 0 fully saturated rings. The predicted octanol–water partition coefficient (Wildman–Crippen LogP) is 1.59. The fourth-order valence-electron chi connectivity index (χ4n) is 0.852. The number of hydrogen-bond acceptors (Lipinski definition) is 2. The number of halogens is 1.